The number of benzene rings is 1. The Labute approximate surface area is 117 Å². The van der Waals surface area contributed by atoms with E-state index in [1.54, 1.807) is 7.11 Å². The summed E-state index contributed by atoms with van der Waals surface area (Å²) in [7, 11) is 1.73. The number of aryl methyl sites for hydroxylation is 1. The van der Waals surface area contributed by atoms with Crippen molar-refractivity contribution in [1.29, 1.82) is 0 Å². The Morgan fingerprint density at radius 3 is 2.53 bits per heavy atom. The Kier molecular flexibility index (Phi) is 4.51. The van der Waals surface area contributed by atoms with Gasteiger partial charge in [0.1, 0.15) is 5.75 Å². The third-order valence-corrected chi connectivity index (χ3v) is 4.64. The van der Waals surface area contributed by atoms with E-state index in [0.717, 1.165) is 12.3 Å². The molecular formula is C17H27NO. The monoisotopic (exact) mass is 261 g/mol. The van der Waals surface area contributed by atoms with Crippen molar-refractivity contribution < 1.29 is 4.74 Å². The van der Waals surface area contributed by atoms with E-state index in [2.05, 4.69) is 44.3 Å². The van der Waals surface area contributed by atoms with Crippen molar-refractivity contribution in [2.45, 2.75) is 52.5 Å². The van der Waals surface area contributed by atoms with Gasteiger partial charge in [0.05, 0.1) is 7.11 Å². The van der Waals surface area contributed by atoms with Gasteiger partial charge in [0.25, 0.3) is 0 Å². The second-order valence-electron chi connectivity index (χ2n) is 6.07. The lowest BCUT2D eigenvalue weighted by molar-refractivity contribution is 0.225. The maximum absolute atomic E-state index is 5.32. The molecule has 0 aliphatic heterocycles. The minimum Gasteiger partial charge on any atom is -0.497 e. The van der Waals surface area contributed by atoms with Crippen LogP contribution >= 0.6 is 0 Å². The molecule has 1 unspecified atom stereocenters. The molecule has 1 atom stereocenters. The molecule has 0 radical (unpaired) electrons. The Hall–Kier alpha value is -1.02. The Bertz CT molecular complexity index is 421. The van der Waals surface area contributed by atoms with Gasteiger partial charge in [-0.25, -0.2) is 0 Å². The van der Waals surface area contributed by atoms with Gasteiger partial charge in [0, 0.05) is 6.04 Å². The van der Waals surface area contributed by atoms with Crippen LogP contribution in [-0.2, 0) is 0 Å². The highest BCUT2D eigenvalue weighted by Crippen LogP contribution is 2.48. The van der Waals surface area contributed by atoms with Crippen molar-refractivity contribution in [3.63, 3.8) is 0 Å². The quantitative estimate of drug-likeness (QED) is 0.856. The number of methoxy groups -OCH3 is 1. The van der Waals surface area contributed by atoms with Crippen LogP contribution < -0.4 is 10.1 Å². The molecule has 106 valence electrons. The average Bonchev–Trinajstić information content (AvgIpc) is 2.84. The highest BCUT2D eigenvalue weighted by Gasteiger charge is 2.37. The van der Waals surface area contributed by atoms with Crippen molar-refractivity contribution in [2.75, 3.05) is 13.7 Å². The summed E-state index contributed by atoms with van der Waals surface area (Å²) >= 11 is 0. The number of rotatable bonds is 5. The number of hydrogen-bond acceptors (Lipinski definition) is 2. The molecule has 2 rings (SSSR count). The van der Waals surface area contributed by atoms with Gasteiger partial charge in [-0.1, -0.05) is 32.8 Å². The van der Waals surface area contributed by atoms with E-state index < -0.39 is 0 Å². The molecule has 0 aromatic heterocycles. The Morgan fingerprint density at radius 1 is 1.32 bits per heavy atom. The zero-order chi connectivity index (χ0) is 13.9. The van der Waals surface area contributed by atoms with E-state index >= 15 is 0 Å². The lowest BCUT2D eigenvalue weighted by Crippen LogP contribution is -2.34. The molecule has 2 heteroatoms. The minimum atomic E-state index is 0.398. The molecule has 1 fully saturated rings. The van der Waals surface area contributed by atoms with Gasteiger partial charge in [-0.15, -0.1) is 0 Å². The first-order valence-electron chi connectivity index (χ1n) is 7.48. The molecule has 0 amide bonds. The van der Waals surface area contributed by atoms with E-state index in [1.165, 1.54) is 36.8 Å². The van der Waals surface area contributed by atoms with Crippen molar-refractivity contribution in [3.05, 3.63) is 29.3 Å². The summed E-state index contributed by atoms with van der Waals surface area (Å²) in [4.78, 5) is 0. The SMILES string of the molecule is CCNC(c1ccc(OC)cc1C)C1(C)CCCC1. The second kappa shape index (κ2) is 5.96. The predicted octanol–water partition coefficient (Wildman–Crippen LogP) is 4.23. The van der Waals surface area contributed by atoms with Gasteiger partial charge in [-0.3, -0.25) is 0 Å². The van der Waals surface area contributed by atoms with Crippen LogP contribution in [0.1, 0.15) is 56.7 Å². The van der Waals surface area contributed by atoms with Gasteiger partial charge in [-0.05, 0) is 55.0 Å². The first kappa shape index (κ1) is 14.4. The molecule has 0 saturated heterocycles. The fraction of sp³-hybridized carbons (Fsp3) is 0.647. The van der Waals surface area contributed by atoms with Gasteiger partial charge in [0.15, 0.2) is 0 Å². The normalized spacial score (nSPS) is 19.4. The van der Waals surface area contributed by atoms with Crippen molar-refractivity contribution >= 4 is 0 Å². The highest BCUT2D eigenvalue weighted by molar-refractivity contribution is 5.37. The summed E-state index contributed by atoms with van der Waals surface area (Å²) in [6, 6.07) is 6.94. The molecule has 1 N–H and O–H groups in total. The molecule has 0 bridgehead atoms. The fourth-order valence-corrected chi connectivity index (χ4v) is 3.51. The average molecular weight is 261 g/mol. The third kappa shape index (κ3) is 2.94. The topological polar surface area (TPSA) is 21.3 Å². The smallest absolute Gasteiger partial charge is 0.119 e. The molecule has 1 aromatic carbocycles. The highest BCUT2D eigenvalue weighted by atomic mass is 16.5. The minimum absolute atomic E-state index is 0.398. The summed E-state index contributed by atoms with van der Waals surface area (Å²) in [6.45, 7) is 7.85. The predicted molar refractivity (Wildman–Crippen MR) is 80.7 cm³/mol. The first-order valence-corrected chi connectivity index (χ1v) is 7.48. The summed E-state index contributed by atoms with van der Waals surface area (Å²) in [5.74, 6) is 0.952. The fourth-order valence-electron chi connectivity index (χ4n) is 3.51. The standard InChI is InChI=1S/C17H27NO/c1-5-18-16(17(3)10-6-7-11-17)15-9-8-14(19-4)12-13(15)2/h8-9,12,16,18H,5-7,10-11H2,1-4H3. The second-order valence-corrected chi connectivity index (χ2v) is 6.07. The van der Waals surface area contributed by atoms with Crippen LogP contribution in [0.2, 0.25) is 0 Å². The molecule has 1 saturated carbocycles. The molecular weight excluding hydrogens is 234 g/mol. The molecule has 0 heterocycles. The first-order chi connectivity index (χ1) is 9.10. The third-order valence-electron chi connectivity index (χ3n) is 4.64. The van der Waals surface area contributed by atoms with Crippen LogP contribution in [0.15, 0.2) is 18.2 Å². The van der Waals surface area contributed by atoms with E-state index in [9.17, 15) is 0 Å². The van der Waals surface area contributed by atoms with Crippen LogP contribution in [0.4, 0.5) is 0 Å². The van der Waals surface area contributed by atoms with Crippen molar-refractivity contribution in [1.82, 2.24) is 5.32 Å². The maximum Gasteiger partial charge on any atom is 0.119 e. The molecule has 2 nitrogen and oxygen atoms in total. The van der Waals surface area contributed by atoms with E-state index in [1.807, 2.05) is 0 Å². The van der Waals surface area contributed by atoms with E-state index in [0.29, 0.717) is 11.5 Å². The zero-order valence-electron chi connectivity index (χ0n) is 12.8. The Morgan fingerprint density at radius 2 is 2.00 bits per heavy atom. The van der Waals surface area contributed by atoms with Crippen LogP contribution in [-0.4, -0.2) is 13.7 Å². The van der Waals surface area contributed by atoms with Gasteiger partial charge >= 0.3 is 0 Å². The maximum atomic E-state index is 5.32. The zero-order valence-corrected chi connectivity index (χ0v) is 12.8. The van der Waals surface area contributed by atoms with Crippen LogP contribution in [0, 0.1) is 12.3 Å². The molecule has 1 aromatic rings. The van der Waals surface area contributed by atoms with Crippen LogP contribution in [0.3, 0.4) is 0 Å². The molecule has 0 spiro atoms. The van der Waals surface area contributed by atoms with Gasteiger partial charge in [-0.2, -0.15) is 0 Å². The van der Waals surface area contributed by atoms with Gasteiger partial charge in [0.2, 0.25) is 0 Å². The van der Waals surface area contributed by atoms with E-state index in [4.69, 9.17) is 4.74 Å². The van der Waals surface area contributed by atoms with Crippen molar-refractivity contribution in [2.24, 2.45) is 5.41 Å². The Balaban J connectivity index is 2.33. The molecule has 1 aliphatic rings. The summed E-state index contributed by atoms with van der Waals surface area (Å²) in [6.07, 6.45) is 5.40. The van der Waals surface area contributed by atoms with Crippen molar-refractivity contribution in [3.8, 4) is 5.75 Å². The molecule has 19 heavy (non-hydrogen) atoms. The summed E-state index contributed by atoms with van der Waals surface area (Å²) < 4.78 is 5.32. The number of ether oxygens (including phenoxy) is 1. The lowest BCUT2D eigenvalue weighted by Gasteiger charge is -2.36. The number of hydrogen-bond donors (Lipinski definition) is 1. The van der Waals surface area contributed by atoms with Gasteiger partial charge < -0.3 is 10.1 Å². The summed E-state index contributed by atoms with van der Waals surface area (Å²) in [5.41, 5.74) is 3.17. The van der Waals surface area contributed by atoms with Crippen LogP contribution in [0.5, 0.6) is 5.75 Å². The summed E-state index contributed by atoms with van der Waals surface area (Å²) in [5, 5.41) is 3.72. The lowest BCUT2D eigenvalue weighted by atomic mass is 9.76. The van der Waals surface area contributed by atoms with Crippen LogP contribution in [0.25, 0.3) is 0 Å². The molecule has 1 aliphatic carbocycles. The van der Waals surface area contributed by atoms with E-state index in [-0.39, 0.29) is 0 Å². The number of nitrogens with one attached hydrogen (secondary N) is 1. The largest absolute Gasteiger partial charge is 0.497 e.